The summed E-state index contributed by atoms with van der Waals surface area (Å²) < 4.78 is 5.05. The molecule has 3 rings (SSSR count). The molecule has 132 valence electrons. The molecule has 0 fully saturated rings. The van der Waals surface area contributed by atoms with E-state index < -0.39 is 0 Å². The van der Waals surface area contributed by atoms with Gasteiger partial charge in [0.2, 0.25) is 0 Å². The molecule has 0 saturated carbocycles. The fraction of sp³-hybridized carbons (Fsp3) is 0.208. The van der Waals surface area contributed by atoms with Crippen molar-refractivity contribution in [2.24, 2.45) is 0 Å². The van der Waals surface area contributed by atoms with E-state index in [9.17, 15) is 4.79 Å². The van der Waals surface area contributed by atoms with E-state index in [4.69, 9.17) is 4.74 Å². The van der Waals surface area contributed by atoms with Gasteiger partial charge in [0.05, 0.1) is 12.2 Å². The first kappa shape index (κ1) is 17.9. The van der Waals surface area contributed by atoms with Gasteiger partial charge in [0.1, 0.15) is 0 Å². The Morgan fingerprint density at radius 3 is 2.04 bits per heavy atom. The third-order valence-electron chi connectivity index (χ3n) is 4.64. The highest BCUT2D eigenvalue weighted by molar-refractivity contribution is 5.90. The lowest BCUT2D eigenvalue weighted by molar-refractivity contribution is 0.0526. The van der Waals surface area contributed by atoms with Crippen LogP contribution in [0.3, 0.4) is 0 Å². The Kier molecular flexibility index (Phi) is 5.52. The van der Waals surface area contributed by atoms with Gasteiger partial charge in [0.15, 0.2) is 0 Å². The van der Waals surface area contributed by atoms with E-state index in [1.807, 2.05) is 31.2 Å². The Balaban J connectivity index is 1.93. The number of carbonyl (C=O) groups is 1. The number of ether oxygens (including phenoxy) is 1. The number of carbonyl (C=O) groups excluding carboxylic acids is 1. The van der Waals surface area contributed by atoms with Gasteiger partial charge in [-0.15, -0.1) is 0 Å². The van der Waals surface area contributed by atoms with Gasteiger partial charge >= 0.3 is 5.97 Å². The van der Waals surface area contributed by atoms with Crippen LogP contribution in [0.5, 0.6) is 0 Å². The van der Waals surface area contributed by atoms with Crippen LogP contribution in [0.4, 0.5) is 0 Å². The van der Waals surface area contributed by atoms with E-state index in [1.54, 1.807) is 0 Å². The van der Waals surface area contributed by atoms with Crippen molar-refractivity contribution in [3.8, 4) is 22.3 Å². The van der Waals surface area contributed by atoms with Crippen LogP contribution in [-0.4, -0.2) is 12.6 Å². The van der Waals surface area contributed by atoms with Crippen molar-refractivity contribution in [1.82, 2.24) is 0 Å². The fourth-order valence-corrected chi connectivity index (χ4v) is 3.05. The maximum absolute atomic E-state index is 11.8. The van der Waals surface area contributed by atoms with Gasteiger partial charge in [0, 0.05) is 0 Å². The third-order valence-corrected chi connectivity index (χ3v) is 4.64. The molecule has 0 aromatic heterocycles. The molecule has 0 spiro atoms. The maximum atomic E-state index is 11.8. The zero-order chi connectivity index (χ0) is 18.5. The lowest BCUT2D eigenvalue weighted by Gasteiger charge is -2.11. The van der Waals surface area contributed by atoms with E-state index in [2.05, 4.69) is 56.3 Å². The van der Waals surface area contributed by atoms with Gasteiger partial charge < -0.3 is 4.74 Å². The first-order valence-electron chi connectivity index (χ1n) is 9.10. The largest absolute Gasteiger partial charge is 0.462 e. The zero-order valence-electron chi connectivity index (χ0n) is 15.6. The molecule has 0 amide bonds. The summed E-state index contributed by atoms with van der Waals surface area (Å²) in [7, 11) is 0. The first-order valence-corrected chi connectivity index (χ1v) is 9.10. The van der Waals surface area contributed by atoms with Crippen LogP contribution in [0.2, 0.25) is 0 Å². The Hall–Kier alpha value is -2.87. The molecule has 0 aliphatic rings. The smallest absolute Gasteiger partial charge is 0.338 e. The first-order chi connectivity index (χ1) is 12.6. The highest BCUT2D eigenvalue weighted by Gasteiger charge is 2.09. The van der Waals surface area contributed by atoms with Gasteiger partial charge in [-0.05, 0) is 71.8 Å². The predicted octanol–water partition coefficient (Wildman–Crippen LogP) is 6.07. The summed E-state index contributed by atoms with van der Waals surface area (Å²) in [4.78, 5) is 11.8. The van der Waals surface area contributed by atoms with Crippen molar-refractivity contribution >= 4 is 5.97 Å². The van der Waals surface area contributed by atoms with E-state index >= 15 is 0 Å². The molecule has 3 aromatic rings. The van der Waals surface area contributed by atoms with Crippen molar-refractivity contribution in [2.45, 2.75) is 27.2 Å². The summed E-state index contributed by atoms with van der Waals surface area (Å²) in [5, 5.41) is 0. The third kappa shape index (κ3) is 3.85. The number of hydrogen-bond donors (Lipinski definition) is 0. The lowest BCUT2D eigenvalue weighted by Crippen LogP contribution is -2.04. The van der Waals surface area contributed by atoms with Crippen molar-refractivity contribution in [1.29, 1.82) is 0 Å². The molecular formula is C24H24O2. The second-order valence-electron chi connectivity index (χ2n) is 6.38. The summed E-state index contributed by atoms with van der Waals surface area (Å²) in [5.74, 6) is -0.277. The number of esters is 1. The molecule has 0 bridgehead atoms. The highest BCUT2D eigenvalue weighted by Crippen LogP contribution is 2.30. The molecule has 0 aliphatic carbocycles. The van der Waals surface area contributed by atoms with Crippen molar-refractivity contribution in [3.63, 3.8) is 0 Å². The van der Waals surface area contributed by atoms with Crippen LogP contribution >= 0.6 is 0 Å². The van der Waals surface area contributed by atoms with Gasteiger partial charge in [-0.25, -0.2) is 4.79 Å². The summed E-state index contributed by atoms with van der Waals surface area (Å²) in [5.41, 5.74) is 7.83. The molecule has 0 saturated heterocycles. The second kappa shape index (κ2) is 8.01. The number of benzene rings is 3. The van der Waals surface area contributed by atoms with Crippen LogP contribution in [0.15, 0.2) is 66.7 Å². The van der Waals surface area contributed by atoms with Crippen molar-refractivity contribution in [2.75, 3.05) is 6.61 Å². The molecular weight excluding hydrogens is 320 g/mol. The summed E-state index contributed by atoms with van der Waals surface area (Å²) >= 11 is 0. The molecule has 0 atom stereocenters. The van der Waals surface area contributed by atoms with Crippen LogP contribution in [-0.2, 0) is 11.2 Å². The molecule has 2 heteroatoms. The van der Waals surface area contributed by atoms with Gasteiger partial charge in [0.25, 0.3) is 0 Å². The van der Waals surface area contributed by atoms with Gasteiger partial charge in [-0.3, -0.25) is 0 Å². The normalized spacial score (nSPS) is 10.6. The molecule has 3 aromatic carbocycles. The van der Waals surface area contributed by atoms with E-state index in [0.717, 1.165) is 12.0 Å². The number of hydrogen-bond acceptors (Lipinski definition) is 2. The van der Waals surface area contributed by atoms with E-state index in [1.165, 1.54) is 27.8 Å². The minimum Gasteiger partial charge on any atom is -0.462 e. The molecule has 0 unspecified atom stereocenters. The Morgan fingerprint density at radius 2 is 1.42 bits per heavy atom. The summed E-state index contributed by atoms with van der Waals surface area (Å²) in [6, 6.07) is 22.9. The number of aryl methyl sites for hydroxylation is 2. The second-order valence-corrected chi connectivity index (χ2v) is 6.38. The lowest BCUT2D eigenvalue weighted by atomic mass is 9.94. The van der Waals surface area contributed by atoms with Crippen molar-refractivity contribution < 1.29 is 9.53 Å². The highest BCUT2D eigenvalue weighted by atomic mass is 16.5. The maximum Gasteiger partial charge on any atom is 0.338 e. The molecule has 0 radical (unpaired) electrons. The van der Waals surface area contributed by atoms with E-state index in [0.29, 0.717) is 12.2 Å². The quantitative estimate of drug-likeness (QED) is 0.525. The topological polar surface area (TPSA) is 26.3 Å². The number of rotatable bonds is 5. The fourth-order valence-electron chi connectivity index (χ4n) is 3.05. The van der Waals surface area contributed by atoms with Crippen molar-refractivity contribution in [3.05, 3.63) is 83.4 Å². The molecule has 0 heterocycles. The minimum atomic E-state index is -0.277. The molecule has 2 nitrogen and oxygen atoms in total. The molecule has 0 aliphatic heterocycles. The van der Waals surface area contributed by atoms with Gasteiger partial charge in [-0.2, -0.15) is 0 Å². The molecule has 0 N–H and O–H groups in total. The SMILES string of the molecule is CCOC(=O)c1ccc(-c2cc(-c3ccc(CC)cc3)ccc2C)cc1. The molecule has 26 heavy (non-hydrogen) atoms. The van der Waals surface area contributed by atoms with Gasteiger partial charge in [-0.1, -0.05) is 55.5 Å². The predicted molar refractivity (Wildman–Crippen MR) is 107 cm³/mol. The summed E-state index contributed by atoms with van der Waals surface area (Å²) in [6.07, 6.45) is 1.05. The average molecular weight is 344 g/mol. The Morgan fingerprint density at radius 1 is 0.808 bits per heavy atom. The average Bonchev–Trinajstić information content (AvgIpc) is 2.69. The van der Waals surface area contributed by atoms with Crippen LogP contribution in [0, 0.1) is 6.92 Å². The minimum absolute atomic E-state index is 0.277. The Labute approximate surface area is 155 Å². The zero-order valence-corrected chi connectivity index (χ0v) is 15.6. The van der Waals surface area contributed by atoms with Crippen LogP contribution < -0.4 is 0 Å². The van der Waals surface area contributed by atoms with Crippen LogP contribution in [0.1, 0.15) is 35.3 Å². The van der Waals surface area contributed by atoms with E-state index in [-0.39, 0.29) is 5.97 Å². The Bertz CT molecular complexity index is 890. The standard InChI is InChI=1S/C24H24O2/c1-4-18-7-10-19(11-8-18)22-9-6-17(3)23(16-22)20-12-14-21(15-13-20)24(25)26-5-2/h6-16H,4-5H2,1-3H3. The summed E-state index contributed by atoms with van der Waals surface area (Å²) in [6.45, 7) is 6.48. The van der Waals surface area contributed by atoms with Crippen LogP contribution in [0.25, 0.3) is 22.3 Å². The monoisotopic (exact) mass is 344 g/mol.